The average molecular weight is 272 g/mol. The van der Waals surface area contributed by atoms with E-state index in [-0.39, 0.29) is 18.9 Å². The molecule has 5 heteroatoms. The highest BCUT2D eigenvalue weighted by atomic mass is 35.5. The normalized spacial score (nSPS) is 10.2. The molecule has 4 nitrogen and oxygen atoms in total. The maximum Gasteiger partial charge on any atom is 0.224 e. The predicted octanol–water partition coefficient (Wildman–Crippen LogP) is 1.70. The first-order valence-corrected chi connectivity index (χ1v) is 6.17. The number of benzene rings is 1. The summed E-state index contributed by atoms with van der Waals surface area (Å²) in [5.74, 6) is 0.534. The quantitative estimate of drug-likeness (QED) is 0.775. The number of rotatable bonds is 6. The SMILES string of the molecule is COc1cc(C)c(CC(=O)NCCCO)cc1Cl. The van der Waals surface area contributed by atoms with E-state index >= 15 is 0 Å². The summed E-state index contributed by atoms with van der Waals surface area (Å²) in [5, 5.41) is 11.9. The lowest BCUT2D eigenvalue weighted by molar-refractivity contribution is -0.120. The number of aryl methyl sites for hydroxylation is 1. The Balaban J connectivity index is 2.67. The van der Waals surface area contributed by atoms with E-state index in [0.29, 0.717) is 23.7 Å². The van der Waals surface area contributed by atoms with Crippen molar-refractivity contribution in [3.8, 4) is 5.75 Å². The van der Waals surface area contributed by atoms with Crippen LogP contribution in [0.4, 0.5) is 0 Å². The molecule has 0 bridgehead atoms. The van der Waals surface area contributed by atoms with Crippen molar-refractivity contribution in [3.63, 3.8) is 0 Å². The zero-order chi connectivity index (χ0) is 13.5. The first-order chi connectivity index (χ1) is 8.58. The van der Waals surface area contributed by atoms with Gasteiger partial charge in [0.15, 0.2) is 0 Å². The number of aliphatic hydroxyl groups is 1. The molecule has 0 aliphatic heterocycles. The van der Waals surface area contributed by atoms with Crippen molar-refractivity contribution in [2.75, 3.05) is 20.3 Å². The van der Waals surface area contributed by atoms with Crippen LogP contribution in [0.2, 0.25) is 5.02 Å². The van der Waals surface area contributed by atoms with Crippen molar-refractivity contribution in [3.05, 3.63) is 28.3 Å². The molecule has 0 fully saturated rings. The van der Waals surface area contributed by atoms with Gasteiger partial charge in [-0.15, -0.1) is 0 Å². The van der Waals surface area contributed by atoms with Crippen LogP contribution in [0.5, 0.6) is 5.75 Å². The summed E-state index contributed by atoms with van der Waals surface area (Å²) in [6.07, 6.45) is 0.842. The molecular weight excluding hydrogens is 254 g/mol. The van der Waals surface area contributed by atoms with Crippen molar-refractivity contribution in [1.82, 2.24) is 5.32 Å². The van der Waals surface area contributed by atoms with Crippen molar-refractivity contribution < 1.29 is 14.6 Å². The van der Waals surface area contributed by atoms with Gasteiger partial charge < -0.3 is 15.2 Å². The topological polar surface area (TPSA) is 58.6 Å². The van der Waals surface area contributed by atoms with Crippen LogP contribution in [0.25, 0.3) is 0 Å². The van der Waals surface area contributed by atoms with Gasteiger partial charge in [0.2, 0.25) is 5.91 Å². The molecule has 0 atom stereocenters. The maximum atomic E-state index is 11.6. The van der Waals surface area contributed by atoms with Gasteiger partial charge >= 0.3 is 0 Å². The molecule has 1 amide bonds. The van der Waals surface area contributed by atoms with Gasteiger partial charge in [-0.1, -0.05) is 11.6 Å². The molecule has 0 heterocycles. The summed E-state index contributed by atoms with van der Waals surface area (Å²) in [4.78, 5) is 11.6. The van der Waals surface area contributed by atoms with Crippen LogP contribution in [0.15, 0.2) is 12.1 Å². The minimum absolute atomic E-state index is 0.0761. The van der Waals surface area contributed by atoms with Gasteiger partial charge in [-0.05, 0) is 36.6 Å². The summed E-state index contributed by atoms with van der Waals surface area (Å²) >= 11 is 6.02. The molecule has 1 aromatic rings. The molecule has 1 rings (SSSR count). The Hall–Kier alpha value is -1.26. The highest BCUT2D eigenvalue weighted by Crippen LogP contribution is 2.27. The number of ether oxygens (including phenoxy) is 1. The van der Waals surface area contributed by atoms with Gasteiger partial charge in [0.25, 0.3) is 0 Å². The van der Waals surface area contributed by atoms with Crippen LogP contribution in [0, 0.1) is 6.92 Å². The Morgan fingerprint density at radius 1 is 1.50 bits per heavy atom. The molecule has 100 valence electrons. The molecule has 2 N–H and O–H groups in total. The summed E-state index contributed by atoms with van der Waals surface area (Å²) < 4.78 is 5.10. The lowest BCUT2D eigenvalue weighted by atomic mass is 10.0. The van der Waals surface area contributed by atoms with Crippen LogP contribution in [0.3, 0.4) is 0 Å². The van der Waals surface area contributed by atoms with E-state index in [0.717, 1.165) is 11.1 Å². The highest BCUT2D eigenvalue weighted by molar-refractivity contribution is 6.32. The summed E-state index contributed by atoms with van der Waals surface area (Å²) in [6, 6.07) is 3.57. The van der Waals surface area contributed by atoms with Crippen LogP contribution in [-0.2, 0) is 11.2 Å². The van der Waals surface area contributed by atoms with Gasteiger partial charge in [-0.3, -0.25) is 4.79 Å². The van der Waals surface area contributed by atoms with E-state index in [1.165, 1.54) is 0 Å². The molecule has 0 aliphatic carbocycles. The van der Waals surface area contributed by atoms with Gasteiger partial charge in [-0.25, -0.2) is 0 Å². The van der Waals surface area contributed by atoms with E-state index in [1.807, 2.05) is 13.0 Å². The minimum atomic E-state index is -0.0761. The monoisotopic (exact) mass is 271 g/mol. The molecule has 0 spiro atoms. The summed E-state index contributed by atoms with van der Waals surface area (Å²) in [7, 11) is 1.56. The Kier molecular flexibility index (Phi) is 5.95. The lowest BCUT2D eigenvalue weighted by Crippen LogP contribution is -2.26. The Morgan fingerprint density at radius 2 is 2.22 bits per heavy atom. The van der Waals surface area contributed by atoms with Gasteiger partial charge in [0.05, 0.1) is 18.6 Å². The van der Waals surface area contributed by atoms with Crippen molar-refractivity contribution >= 4 is 17.5 Å². The van der Waals surface area contributed by atoms with Crippen LogP contribution >= 0.6 is 11.6 Å². The van der Waals surface area contributed by atoms with Crippen LogP contribution < -0.4 is 10.1 Å². The summed E-state index contributed by atoms with van der Waals surface area (Å²) in [5.41, 5.74) is 1.84. The number of carbonyl (C=O) groups is 1. The largest absolute Gasteiger partial charge is 0.495 e. The number of halogens is 1. The standard InChI is InChI=1S/C13H18ClNO3/c1-9-6-12(18-2)11(14)7-10(9)8-13(17)15-4-3-5-16/h6-7,16H,3-5,8H2,1-2H3,(H,15,17). The van der Waals surface area contributed by atoms with E-state index in [4.69, 9.17) is 21.4 Å². The number of carbonyl (C=O) groups excluding carboxylic acids is 1. The number of aliphatic hydroxyl groups excluding tert-OH is 1. The first-order valence-electron chi connectivity index (χ1n) is 5.79. The predicted molar refractivity (Wildman–Crippen MR) is 71.2 cm³/mol. The molecule has 1 aromatic carbocycles. The Morgan fingerprint density at radius 3 is 2.83 bits per heavy atom. The number of nitrogens with one attached hydrogen (secondary N) is 1. The molecule has 0 saturated heterocycles. The maximum absolute atomic E-state index is 11.6. The molecule has 0 unspecified atom stereocenters. The fourth-order valence-corrected chi connectivity index (χ4v) is 1.85. The molecule has 18 heavy (non-hydrogen) atoms. The number of methoxy groups -OCH3 is 1. The van der Waals surface area contributed by atoms with E-state index in [9.17, 15) is 4.79 Å². The van der Waals surface area contributed by atoms with Gasteiger partial charge in [-0.2, -0.15) is 0 Å². The van der Waals surface area contributed by atoms with Crippen molar-refractivity contribution in [2.45, 2.75) is 19.8 Å². The smallest absolute Gasteiger partial charge is 0.224 e. The average Bonchev–Trinajstić information content (AvgIpc) is 2.33. The molecule has 0 aromatic heterocycles. The van der Waals surface area contributed by atoms with E-state index in [2.05, 4.69) is 5.32 Å². The zero-order valence-electron chi connectivity index (χ0n) is 10.6. The number of amides is 1. The third kappa shape index (κ3) is 4.20. The van der Waals surface area contributed by atoms with E-state index in [1.54, 1.807) is 13.2 Å². The van der Waals surface area contributed by atoms with Crippen molar-refractivity contribution in [1.29, 1.82) is 0 Å². The van der Waals surface area contributed by atoms with Gasteiger partial charge in [0.1, 0.15) is 5.75 Å². The van der Waals surface area contributed by atoms with Crippen LogP contribution in [0.1, 0.15) is 17.5 Å². The fourth-order valence-electron chi connectivity index (χ4n) is 1.59. The second kappa shape index (κ2) is 7.24. The molecule has 0 saturated carbocycles. The van der Waals surface area contributed by atoms with E-state index < -0.39 is 0 Å². The molecule has 0 aliphatic rings. The Bertz CT molecular complexity index is 421. The third-order valence-electron chi connectivity index (χ3n) is 2.62. The zero-order valence-corrected chi connectivity index (χ0v) is 11.4. The van der Waals surface area contributed by atoms with Crippen LogP contribution in [-0.4, -0.2) is 31.3 Å². The minimum Gasteiger partial charge on any atom is -0.495 e. The van der Waals surface area contributed by atoms with Gasteiger partial charge in [0, 0.05) is 13.2 Å². The molecular formula is C13H18ClNO3. The second-order valence-corrected chi connectivity index (χ2v) is 4.42. The Labute approximate surface area is 112 Å². The lowest BCUT2D eigenvalue weighted by Gasteiger charge is -2.10. The molecule has 0 radical (unpaired) electrons. The number of hydrogen-bond donors (Lipinski definition) is 2. The fraction of sp³-hybridized carbons (Fsp3) is 0.462. The van der Waals surface area contributed by atoms with Crippen molar-refractivity contribution in [2.24, 2.45) is 0 Å². The first kappa shape index (κ1) is 14.8. The highest BCUT2D eigenvalue weighted by Gasteiger charge is 2.09. The summed E-state index contributed by atoms with van der Waals surface area (Å²) in [6.45, 7) is 2.47. The number of hydrogen-bond acceptors (Lipinski definition) is 3. The second-order valence-electron chi connectivity index (χ2n) is 4.02. The third-order valence-corrected chi connectivity index (χ3v) is 2.91.